The van der Waals surface area contributed by atoms with E-state index in [0.29, 0.717) is 5.56 Å². The number of amides is 3. The summed E-state index contributed by atoms with van der Waals surface area (Å²) >= 11 is 0. The van der Waals surface area contributed by atoms with Crippen molar-refractivity contribution in [2.45, 2.75) is 50.5 Å². The van der Waals surface area contributed by atoms with Crippen LogP contribution in [0, 0.1) is 10.1 Å². The van der Waals surface area contributed by atoms with Gasteiger partial charge in [-0.1, -0.05) is 6.07 Å². The van der Waals surface area contributed by atoms with Crippen molar-refractivity contribution < 1.29 is 97.1 Å². The molecule has 0 saturated carbocycles. The van der Waals surface area contributed by atoms with Gasteiger partial charge in [0, 0.05) is 19.0 Å². The Bertz CT molecular complexity index is 1340. The normalized spacial score (nSPS) is 14.5. The molecular formula is C22H26N3NaO15S. The van der Waals surface area contributed by atoms with Gasteiger partial charge < -0.3 is 26.2 Å². The zero-order valence-corrected chi connectivity index (χ0v) is 25.0. The van der Waals surface area contributed by atoms with Crippen molar-refractivity contribution >= 4 is 51.4 Å². The number of imide groups is 1. The molecule has 3 N–H and O–H groups in total. The van der Waals surface area contributed by atoms with Crippen LogP contribution in [-0.2, 0) is 66.3 Å². The average Bonchev–Trinajstić information content (AvgIpc) is 3.20. The van der Waals surface area contributed by atoms with E-state index in [2.05, 4.69) is 10.2 Å². The molecule has 1 saturated heterocycles. The second-order valence-electron chi connectivity index (χ2n) is 8.29. The predicted molar refractivity (Wildman–Crippen MR) is 130 cm³/mol. The molecule has 0 radical (unpaired) electrons. The first-order chi connectivity index (χ1) is 19.2. The molecule has 0 aromatic heterocycles. The van der Waals surface area contributed by atoms with E-state index in [1.807, 2.05) is 0 Å². The molecule has 2 rings (SSSR count). The third-order valence-corrected chi connectivity index (χ3v) is 6.40. The maximum Gasteiger partial charge on any atom is 1.00 e. The van der Waals surface area contributed by atoms with Gasteiger partial charge in [-0.15, -0.1) is 5.06 Å². The maximum absolute atomic E-state index is 11.9. The minimum absolute atomic E-state index is 0. The zero-order chi connectivity index (χ0) is 30.7. The zero-order valence-electron chi connectivity index (χ0n) is 23.2. The van der Waals surface area contributed by atoms with Crippen LogP contribution in [0.15, 0.2) is 18.2 Å². The minimum atomic E-state index is -4.88. The van der Waals surface area contributed by atoms with Crippen molar-refractivity contribution in [1.82, 2.24) is 10.4 Å². The van der Waals surface area contributed by atoms with E-state index >= 15 is 0 Å². The van der Waals surface area contributed by atoms with Gasteiger partial charge in [-0.2, -0.15) is 8.42 Å². The molecule has 0 spiro atoms. The molecule has 1 unspecified atom stereocenters. The van der Waals surface area contributed by atoms with E-state index in [1.54, 1.807) is 0 Å². The van der Waals surface area contributed by atoms with Crippen LogP contribution in [0.1, 0.15) is 44.7 Å². The van der Waals surface area contributed by atoms with Crippen LogP contribution in [-0.4, -0.2) is 82.2 Å². The van der Waals surface area contributed by atoms with Gasteiger partial charge in [0.05, 0.1) is 42.8 Å². The second kappa shape index (κ2) is 16.8. The summed E-state index contributed by atoms with van der Waals surface area (Å²) < 4.78 is 40.6. The molecular weight excluding hydrogens is 601 g/mol. The maximum atomic E-state index is 11.9. The molecule has 1 aromatic rings. The molecule has 1 fully saturated rings. The summed E-state index contributed by atoms with van der Waals surface area (Å²) in [5.41, 5.74) is 0.317. The summed E-state index contributed by atoms with van der Waals surface area (Å²) in [6, 6.07) is 3.98. The van der Waals surface area contributed by atoms with Gasteiger partial charge in [0.25, 0.3) is 27.6 Å². The molecule has 1 heterocycles. The van der Waals surface area contributed by atoms with E-state index < -0.39 is 88.4 Å². The molecule has 1 aliphatic rings. The monoisotopic (exact) mass is 627 g/mol. The first kappa shape index (κ1) is 36.5. The Morgan fingerprint density at radius 2 is 1.62 bits per heavy atom. The Morgan fingerprint density at radius 3 is 2.14 bits per heavy atom. The van der Waals surface area contributed by atoms with Gasteiger partial charge in [0.1, 0.15) is 13.2 Å². The Kier molecular flexibility index (Phi) is 14.6. The number of nitrogens with one attached hydrogen (secondary N) is 1. The Balaban J connectivity index is 0.00000882. The summed E-state index contributed by atoms with van der Waals surface area (Å²) in [6.07, 6.45) is -2.67. The first-order valence-electron chi connectivity index (χ1n) is 11.7. The van der Waals surface area contributed by atoms with Crippen LogP contribution < -0.4 is 34.9 Å². The van der Waals surface area contributed by atoms with Crippen LogP contribution in [0.4, 0.5) is 5.69 Å². The van der Waals surface area contributed by atoms with Crippen molar-refractivity contribution in [3.63, 3.8) is 0 Å². The summed E-state index contributed by atoms with van der Waals surface area (Å²) in [7, 11) is -4.88. The van der Waals surface area contributed by atoms with Crippen LogP contribution >= 0.6 is 0 Å². The van der Waals surface area contributed by atoms with Gasteiger partial charge in [-0.25, -0.2) is 4.79 Å². The third kappa shape index (κ3) is 11.4. The van der Waals surface area contributed by atoms with Gasteiger partial charge in [0.2, 0.25) is 5.91 Å². The Morgan fingerprint density at radius 1 is 1.05 bits per heavy atom. The summed E-state index contributed by atoms with van der Waals surface area (Å²) in [6.45, 7) is -1.31. The summed E-state index contributed by atoms with van der Waals surface area (Å²) in [4.78, 5) is 85.3. The molecule has 1 aliphatic heterocycles. The molecule has 226 valence electrons. The molecule has 18 nitrogen and oxygen atoms in total. The van der Waals surface area contributed by atoms with Crippen LogP contribution in [0.3, 0.4) is 0 Å². The summed E-state index contributed by atoms with van der Waals surface area (Å²) in [5.74, 6) is -6.08. The number of hydrogen-bond acceptors (Lipinski definition) is 14. The van der Waals surface area contributed by atoms with Gasteiger partial charge in [-0.3, -0.25) is 38.6 Å². The molecule has 1 aromatic carbocycles. The third-order valence-electron chi connectivity index (χ3n) is 5.31. The Hall–Kier alpha value is -3.49. The fraction of sp³-hybridized carbons (Fsp3) is 0.455. The molecule has 3 amide bonds. The molecule has 1 atom stereocenters. The van der Waals surface area contributed by atoms with Crippen molar-refractivity contribution in [3.05, 3.63) is 39.4 Å². The minimum Gasteiger partial charge on any atom is -1.00 e. The van der Waals surface area contributed by atoms with Crippen LogP contribution in [0.5, 0.6) is 0 Å². The standard InChI is InChI=1S/C22H25N3O15S.Na.H/c26-12-14-9-13(1-2-15(14)25(33)34)11-23-17(27)3-4-19(29)38-7-8-39-20(30)5-6-21(31)40-24-18(28)10-16(22(24)32)41(35,36)37;;/h1-2,9,16,26H,3-8,10-12H2,(H,23,27)(H,35,36,37);;/q;+1;-1. The predicted octanol–water partition coefficient (Wildman–Crippen LogP) is -4.06. The average molecular weight is 628 g/mol. The van der Waals surface area contributed by atoms with Gasteiger partial charge in [0.15, 0.2) is 5.25 Å². The van der Waals surface area contributed by atoms with Gasteiger partial charge >= 0.3 is 47.5 Å². The number of aliphatic hydroxyl groups excluding tert-OH is 1. The molecule has 0 aliphatic carbocycles. The fourth-order valence-corrected chi connectivity index (χ4v) is 3.98. The van der Waals surface area contributed by atoms with Crippen molar-refractivity contribution in [2.75, 3.05) is 13.2 Å². The summed E-state index contributed by atoms with van der Waals surface area (Å²) in [5, 5.41) is 20.5. The topological polar surface area (TPSA) is 263 Å². The number of hydroxylamine groups is 2. The molecule has 0 bridgehead atoms. The van der Waals surface area contributed by atoms with E-state index in [0.717, 1.165) is 0 Å². The van der Waals surface area contributed by atoms with Crippen molar-refractivity contribution in [3.8, 4) is 0 Å². The van der Waals surface area contributed by atoms with E-state index in [-0.39, 0.29) is 73.3 Å². The smallest absolute Gasteiger partial charge is 1.00 e. The number of esters is 2. The van der Waals surface area contributed by atoms with Crippen molar-refractivity contribution in [2.24, 2.45) is 0 Å². The van der Waals surface area contributed by atoms with Crippen LogP contribution in [0.25, 0.3) is 0 Å². The van der Waals surface area contributed by atoms with E-state index in [1.165, 1.54) is 18.2 Å². The number of rotatable bonds is 15. The van der Waals surface area contributed by atoms with E-state index in [9.17, 15) is 52.4 Å². The largest absolute Gasteiger partial charge is 1.00 e. The van der Waals surface area contributed by atoms with Crippen molar-refractivity contribution in [1.29, 1.82) is 0 Å². The molecule has 20 heteroatoms. The number of carbonyl (C=O) groups excluding carboxylic acids is 6. The first-order valence-corrected chi connectivity index (χ1v) is 13.2. The number of aliphatic hydroxyl groups is 1. The number of nitro benzene ring substituents is 1. The number of nitrogens with zero attached hydrogens (tertiary/aromatic N) is 2. The number of hydrogen-bond donors (Lipinski definition) is 3. The SMILES string of the molecule is O=C(CCC(=O)OCCOC(=O)CCC(=O)ON1C(=O)CC(S(=O)(=O)O)C1=O)NCc1ccc([N+](=O)[O-])c(CO)c1.[H-].[Na+]. The molecule has 42 heavy (non-hydrogen) atoms. The number of nitro groups is 1. The number of benzene rings is 1. The van der Waals surface area contributed by atoms with Crippen LogP contribution in [0.2, 0.25) is 0 Å². The number of ether oxygens (including phenoxy) is 2. The quantitative estimate of drug-likeness (QED) is 0.0318. The number of carbonyl (C=O) groups is 6. The Labute approximate surface area is 261 Å². The van der Waals surface area contributed by atoms with E-state index in [4.69, 9.17) is 14.0 Å². The van der Waals surface area contributed by atoms with Gasteiger partial charge in [-0.05, 0) is 11.6 Å². The second-order valence-corrected chi connectivity index (χ2v) is 9.89. The fourth-order valence-electron chi connectivity index (χ4n) is 3.28.